The van der Waals surface area contributed by atoms with Gasteiger partial charge in [-0.2, -0.15) is 0 Å². The second-order valence-electron chi connectivity index (χ2n) is 4.44. The molecule has 0 spiro atoms. The maximum absolute atomic E-state index is 9.67. The lowest BCUT2D eigenvalue weighted by Crippen LogP contribution is -2.34. The van der Waals surface area contributed by atoms with Crippen LogP contribution in [0.15, 0.2) is 6.07 Å². The van der Waals surface area contributed by atoms with E-state index in [4.69, 9.17) is 0 Å². The third kappa shape index (κ3) is 2.60. The molecule has 84 valence electrons. The molecule has 1 aromatic heterocycles. The lowest BCUT2D eigenvalue weighted by molar-refractivity contribution is 0.149. The van der Waals surface area contributed by atoms with Crippen molar-refractivity contribution in [3.63, 3.8) is 0 Å². The molecule has 1 aliphatic rings. The van der Waals surface area contributed by atoms with E-state index in [-0.39, 0.29) is 6.10 Å². The number of aliphatic hydroxyl groups is 1. The van der Waals surface area contributed by atoms with Crippen LogP contribution < -0.4 is 5.32 Å². The lowest BCUT2D eigenvalue weighted by Gasteiger charge is -2.15. The molecule has 0 saturated heterocycles. The number of thiophene rings is 1. The van der Waals surface area contributed by atoms with Gasteiger partial charge < -0.3 is 10.4 Å². The third-order valence-electron chi connectivity index (χ3n) is 3.23. The fourth-order valence-electron chi connectivity index (χ4n) is 2.15. The van der Waals surface area contributed by atoms with Crippen molar-refractivity contribution >= 4 is 11.3 Å². The number of hydrogen-bond acceptors (Lipinski definition) is 3. The van der Waals surface area contributed by atoms with Gasteiger partial charge in [0.1, 0.15) is 0 Å². The SMILES string of the molecule is Cc1cc(CN[C@@H]2CCC[C@H]2O)sc1C. The lowest BCUT2D eigenvalue weighted by atomic mass is 10.2. The molecule has 1 saturated carbocycles. The van der Waals surface area contributed by atoms with Crippen molar-refractivity contribution in [1.82, 2.24) is 5.32 Å². The van der Waals surface area contributed by atoms with Gasteiger partial charge in [0.2, 0.25) is 0 Å². The van der Waals surface area contributed by atoms with E-state index in [1.165, 1.54) is 15.3 Å². The maximum Gasteiger partial charge on any atom is 0.0693 e. The van der Waals surface area contributed by atoms with Crippen LogP contribution in [0.3, 0.4) is 0 Å². The molecule has 1 aromatic rings. The van der Waals surface area contributed by atoms with Gasteiger partial charge in [0.05, 0.1) is 6.10 Å². The van der Waals surface area contributed by atoms with E-state index in [9.17, 15) is 5.11 Å². The summed E-state index contributed by atoms with van der Waals surface area (Å²) in [6, 6.07) is 2.56. The van der Waals surface area contributed by atoms with Crippen molar-refractivity contribution < 1.29 is 5.11 Å². The van der Waals surface area contributed by atoms with Crippen molar-refractivity contribution in [2.24, 2.45) is 0 Å². The topological polar surface area (TPSA) is 32.3 Å². The van der Waals surface area contributed by atoms with E-state index in [1.807, 2.05) is 11.3 Å². The summed E-state index contributed by atoms with van der Waals surface area (Å²) in [7, 11) is 0. The Bertz CT molecular complexity index is 315. The monoisotopic (exact) mass is 225 g/mol. The Morgan fingerprint density at radius 3 is 2.80 bits per heavy atom. The summed E-state index contributed by atoms with van der Waals surface area (Å²) in [5.74, 6) is 0. The Morgan fingerprint density at radius 2 is 2.27 bits per heavy atom. The van der Waals surface area contributed by atoms with Crippen molar-refractivity contribution in [3.05, 3.63) is 21.4 Å². The van der Waals surface area contributed by atoms with Crippen molar-refractivity contribution in [3.8, 4) is 0 Å². The normalized spacial score (nSPS) is 26.1. The first kappa shape index (κ1) is 11.1. The second kappa shape index (κ2) is 4.64. The molecule has 1 heterocycles. The molecule has 1 aliphatic carbocycles. The Balaban J connectivity index is 1.87. The third-order valence-corrected chi connectivity index (χ3v) is 4.39. The fraction of sp³-hybridized carbons (Fsp3) is 0.667. The smallest absolute Gasteiger partial charge is 0.0693 e. The number of hydrogen-bond donors (Lipinski definition) is 2. The van der Waals surface area contributed by atoms with Crippen molar-refractivity contribution in [1.29, 1.82) is 0 Å². The highest BCUT2D eigenvalue weighted by atomic mass is 32.1. The summed E-state index contributed by atoms with van der Waals surface area (Å²) in [5, 5.41) is 13.1. The van der Waals surface area contributed by atoms with Crippen LogP contribution in [0.25, 0.3) is 0 Å². The van der Waals surface area contributed by atoms with Crippen LogP contribution in [-0.4, -0.2) is 17.3 Å². The molecule has 0 aliphatic heterocycles. The molecule has 0 unspecified atom stereocenters. The Labute approximate surface area is 95.3 Å². The Hall–Kier alpha value is -0.380. The van der Waals surface area contributed by atoms with Gasteiger partial charge >= 0.3 is 0 Å². The van der Waals surface area contributed by atoms with Crippen LogP contribution in [0.5, 0.6) is 0 Å². The van der Waals surface area contributed by atoms with Crippen LogP contribution in [0, 0.1) is 13.8 Å². The van der Waals surface area contributed by atoms with E-state index < -0.39 is 0 Å². The van der Waals surface area contributed by atoms with E-state index in [0.29, 0.717) is 6.04 Å². The quantitative estimate of drug-likeness (QED) is 0.827. The van der Waals surface area contributed by atoms with Gasteiger partial charge in [-0.1, -0.05) is 0 Å². The van der Waals surface area contributed by atoms with Gasteiger partial charge in [-0.25, -0.2) is 0 Å². The van der Waals surface area contributed by atoms with Gasteiger partial charge in [0, 0.05) is 22.3 Å². The number of rotatable bonds is 3. The average molecular weight is 225 g/mol. The molecule has 15 heavy (non-hydrogen) atoms. The highest BCUT2D eigenvalue weighted by Crippen LogP contribution is 2.22. The molecular weight excluding hydrogens is 206 g/mol. The minimum absolute atomic E-state index is 0.132. The fourth-order valence-corrected chi connectivity index (χ4v) is 3.15. The van der Waals surface area contributed by atoms with Crippen LogP contribution >= 0.6 is 11.3 Å². The van der Waals surface area contributed by atoms with Crippen molar-refractivity contribution in [2.45, 2.75) is 51.8 Å². The molecule has 2 atom stereocenters. The molecule has 1 fully saturated rings. The van der Waals surface area contributed by atoms with Crippen LogP contribution in [0.2, 0.25) is 0 Å². The summed E-state index contributed by atoms with van der Waals surface area (Å²) in [5.41, 5.74) is 1.38. The van der Waals surface area contributed by atoms with Gasteiger partial charge in [0.25, 0.3) is 0 Å². The summed E-state index contributed by atoms with van der Waals surface area (Å²) in [6.07, 6.45) is 3.10. The first-order chi connectivity index (χ1) is 7.16. The first-order valence-electron chi connectivity index (χ1n) is 5.64. The number of nitrogens with one attached hydrogen (secondary N) is 1. The molecule has 2 N–H and O–H groups in total. The van der Waals surface area contributed by atoms with Crippen LogP contribution in [0.4, 0.5) is 0 Å². The number of aryl methyl sites for hydroxylation is 2. The summed E-state index contributed by atoms with van der Waals surface area (Å²) in [6.45, 7) is 5.22. The zero-order valence-corrected chi connectivity index (χ0v) is 10.2. The Kier molecular flexibility index (Phi) is 3.44. The van der Waals surface area contributed by atoms with E-state index in [1.54, 1.807) is 0 Å². The minimum Gasteiger partial charge on any atom is -0.392 e. The van der Waals surface area contributed by atoms with Gasteiger partial charge in [0.15, 0.2) is 0 Å². The van der Waals surface area contributed by atoms with Gasteiger partial charge in [-0.3, -0.25) is 0 Å². The standard InChI is InChI=1S/C12H19NOS/c1-8-6-10(15-9(8)2)7-13-11-4-3-5-12(11)14/h6,11-14H,3-5,7H2,1-2H3/t11-,12-/m1/s1. The molecule has 2 rings (SSSR count). The zero-order chi connectivity index (χ0) is 10.8. The molecular formula is C12H19NOS. The van der Waals surface area contributed by atoms with Crippen LogP contribution in [0.1, 0.15) is 34.6 Å². The summed E-state index contributed by atoms with van der Waals surface area (Å²) in [4.78, 5) is 2.78. The summed E-state index contributed by atoms with van der Waals surface area (Å²) >= 11 is 1.85. The maximum atomic E-state index is 9.67. The number of aliphatic hydroxyl groups excluding tert-OH is 1. The molecule has 3 heteroatoms. The first-order valence-corrected chi connectivity index (χ1v) is 6.46. The molecule has 2 nitrogen and oxygen atoms in total. The predicted octanol–water partition coefficient (Wildman–Crippen LogP) is 2.37. The highest BCUT2D eigenvalue weighted by Gasteiger charge is 2.24. The Morgan fingerprint density at radius 1 is 1.47 bits per heavy atom. The van der Waals surface area contributed by atoms with Crippen molar-refractivity contribution in [2.75, 3.05) is 0 Å². The molecule has 0 amide bonds. The van der Waals surface area contributed by atoms with E-state index in [2.05, 4.69) is 25.2 Å². The minimum atomic E-state index is -0.132. The average Bonchev–Trinajstić information content (AvgIpc) is 2.72. The van der Waals surface area contributed by atoms with Gasteiger partial charge in [-0.15, -0.1) is 11.3 Å². The largest absolute Gasteiger partial charge is 0.392 e. The predicted molar refractivity (Wildman–Crippen MR) is 64.3 cm³/mol. The highest BCUT2D eigenvalue weighted by molar-refractivity contribution is 7.12. The van der Waals surface area contributed by atoms with Gasteiger partial charge in [-0.05, 0) is 44.7 Å². The van der Waals surface area contributed by atoms with E-state index in [0.717, 1.165) is 25.8 Å². The van der Waals surface area contributed by atoms with Crippen LogP contribution in [-0.2, 0) is 6.54 Å². The zero-order valence-electron chi connectivity index (χ0n) is 9.42. The molecule has 0 bridgehead atoms. The summed E-state index contributed by atoms with van der Waals surface area (Å²) < 4.78 is 0. The van der Waals surface area contributed by atoms with E-state index >= 15 is 0 Å². The molecule has 0 aromatic carbocycles. The molecule has 0 radical (unpaired) electrons. The second-order valence-corrected chi connectivity index (χ2v) is 5.78.